The number of hydrogen-bond donors (Lipinski definition) is 1. The van der Waals surface area contributed by atoms with Crippen LogP contribution in [-0.2, 0) is 6.42 Å². The number of nitrogens with zero attached hydrogens (tertiary/aromatic N) is 2. The maximum atomic E-state index is 5.47. The Labute approximate surface area is 66.7 Å². The monoisotopic (exact) mass is 151 g/mol. The molecule has 0 amide bonds. The molecule has 2 N–H and O–H groups in total. The number of hydrogen-bond acceptors (Lipinski definition) is 3. The minimum atomic E-state index is 0.383. The molecule has 0 radical (unpaired) electrons. The summed E-state index contributed by atoms with van der Waals surface area (Å²) in [6, 6.07) is 1.97. The predicted octanol–water partition coefficient (Wildman–Crippen LogP) is 1.32. The summed E-state index contributed by atoms with van der Waals surface area (Å²) in [7, 11) is 0. The van der Waals surface area contributed by atoms with Gasteiger partial charge in [-0.1, -0.05) is 13.3 Å². The van der Waals surface area contributed by atoms with Gasteiger partial charge < -0.3 is 5.73 Å². The molecule has 0 aromatic carbocycles. The summed E-state index contributed by atoms with van der Waals surface area (Å²) in [4.78, 5) is 8.07. The van der Waals surface area contributed by atoms with Crippen LogP contribution in [0.2, 0.25) is 0 Å². The van der Waals surface area contributed by atoms with Crippen molar-refractivity contribution in [2.24, 2.45) is 0 Å². The van der Waals surface area contributed by atoms with Crippen molar-refractivity contribution in [1.82, 2.24) is 9.97 Å². The fourth-order valence-corrected chi connectivity index (χ4v) is 1.04. The summed E-state index contributed by atoms with van der Waals surface area (Å²) >= 11 is 0. The summed E-state index contributed by atoms with van der Waals surface area (Å²) in [6.45, 7) is 4.05. The molecule has 1 heterocycles. The zero-order valence-corrected chi connectivity index (χ0v) is 6.96. The van der Waals surface area contributed by atoms with Crippen LogP contribution in [0.5, 0.6) is 0 Å². The average Bonchev–Trinajstić information content (AvgIpc) is 1.85. The summed E-state index contributed by atoms with van der Waals surface area (Å²) in [6.07, 6.45) is 2.07. The molecule has 0 aliphatic heterocycles. The number of anilines is 1. The molecule has 1 aromatic heterocycles. The normalized spacial score (nSPS) is 10.0. The number of nitrogen functional groups attached to an aromatic ring is 1. The highest BCUT2D eigenvalue weighted by Crippen LogP contribution is 2.03. The van der Waals surface area contributed by atoms with E-state index in [1.54, 1.807) is 0 Å². The van der Waals surface area contributed by atoms with E-state index in [0.29, 0.717) is 5.95 Å². The topological polar surface area (TPSA) is 51.8 Å². The third-order valence-corrected chi connectivity index (χ3v) is 1.43. The fourth-order valence-electron chi connectivity index (χ4n) is 1.04. The van der Waals surface area contributed by atoms with E-state index in [0.717, 1.165) is 24.2 Å². The summed E-state index contributed by atoms with van der Waals surface area (Å²) in [5.74, 6) is 0.383. The third kappa shape index (κ3) is 2.18. The Balaban J connectivity index is 2.89. The SMILES string of the molecule is CCCc1cc(C)nc(N)n1. The van der Waals surface area contributed by atoms with Crippen LogP contribution in [0.3, 0.4) is 0 Å². The third-order valence-electron chi connectivity index (χ3n) is 1.43. The van der Waals surface area contributed by atoms with Crippen LogP contribution in [0, 0.1) is 6.92 Å². The van der Waals surface area contributed by atoms with E-state index < -0.39 is 0 Å². The molecule has 0 atom stereocenters. The van der Waals surface area contributed by atoms with Crippen LogP contribution in [0.1, 0.15) is 24.7 Å². The van der Waals surface area contributed by atoms with Gasteiger partial charge in [0.25, 0.3) is 0 Å². The Morgan fingerprint density at radius 2 is 2.18 bits per heavy atom. The molecule has 0 aliphatic carbocycles. The molecule has 3 nitrogen and oxygen atoms in total. The lowest BCUT2D eigenvalue weighted by Crippen LogP contribution is -2.00. The van der Waals surface area contributed by atoms with Crippen molar-refractivity contribution in [1.29, 1.82) is 0 Å². The maximum absolute atomic E-state index is 5.47. The van der Waals surface area contributed by atoms with E-state index in [1.165, 1.54) is 0 Å². The van der Waals surface area contributed by atoms with Gasteiger partial charge in [0.1, 0.15) is 0 Å². The minimum absolute atomic E-state index is 0.383. The van der Waals surface area contributed by atoms with Gasteiger partial charge in [0.15, 0.2) is 0 Å². The van der Waals surface area contributed by atoms with Crippen molar-refractivity contribution in [3.8, 4) is 0 Å². The molecule has 0 saturated carbocycles. The van der Waals surface area contributed by atoms with Crippen molar-refractivity contribution in [2.75, 3.05) is 5.73 Å². The highest BCUT2D eigenvalue weighted by atomic mass is 15.0. The van der Waals surface area contributed by atoms with Crippen molar-refractivity contribution >= 4 is 5.95 Å². The minimum Gasteiger partial charge on any atom is -0.368 e. The highest BCUT2D eigenvalue weighted by Gasteiger charge is 1.96. The first kappa shape index (κ1) is 7.98. The van der Waals surface area contributed by atoms with Gasteiger partial charge in [0.05, 0.1) is 0 Å². The van der Waals surface area contributed by atoms with Gasteiger partial charge in [0, 0.05) is 11.4 Å². The number of nitrogens with two attached hydrogens (primary N) is 1. The number of aryl methyl sites for hydroxylation is 2. The van der Waals surface area contributed by atoms with Crippen LogP contribution >= 0.6 is 0 Å². The van der Waals surface area contributed by atoms with Crippen molar-refractivity contribution in [3.63, 3.8) is 0 Å². The summed E-state index contributed by atoms with van der Waals surface area (Å²) in [5, 5.41) is 0. The van der Waals surface area contributed by atoms with Gasteiger partial charge in [0.2, 0.25) is 5.95 Å². The standard InChI is InChI=1S/C8H13N3/c1-3-4-7-5-6(2)10-8(9)11-7/h5H,3-4H2,1-2H3,(H2,9,10,11). The van der Waals surface area contributed by atoms with Crippen LogP contribution < -0.4 is 5.73 Å². The van der Waals surface area contributed by atoms with E-state index in [-0.39, 0.29) is 0 Å². The van der Waals surface area contributed by atoms with Gasteiger partial charge in [-0.25, -0.2) is 9.97 Å². The average molecular weight is 151 g/mol. The maximum Gasteiger partial charge on any atom is 0.220 e. The predicted molar refractivity (Wildman–Crippen MR) is 45.2 cm³/mol. The lowest BCUT2D eigenvalue weighted by molar-refractivity contribution is 0.871. The van der Waals surface area contributed by atoms with Crippen LogP contribution in [0.4, 0.5) is 5.95 Å². The largest absolute Gasteiger partial charge is 0.368 e. The molecule has 0 saturated heterocycles. The molecular formula is C8H13N3. The molecule has 1 aromatic rings. The quantitative estimate of drug-likeness (QED) is 0.693. The molecule has 60 valence electrons. The highest BCUT2D eigenvalue weighted by molar-refractivity contribution is 5.21. The van der Waals surface area contributed by atoms with Crippen LogP contribution in [-0.4, -0.2) is 9.97 Å². The lowest BCUT2D eigenvalue weighted by Gasteiger charge is -1.99. The van der Waals surface area contributed by atoms with Gasteiger partial charge in [-0.3, -0.25) is 0 Å². The zero-order chi connectivity index (χ0) is 8.27. The Hall–Kier alpha value is -1.12. The van der Waals surface area contributed by atoms with E-state index >= 15 is 0 Å². The second kappa shape index (κ2) is 3.32. The Morgan fingerprint density at radius 1 is 1.45 bits per heavy atom. The van der Waals surface area contributed by atoms with Crippen molar-refractivity contribution in [2.45, 2.75) is 26.7 Å². The van der Waals surface area contributed by atoms with Gasteiger partial charge >= 0.3 is 0 Å². The molecular weight excluding hydrogens is 138 g/mol. The molecule has 3 heteroatoms. The molecule has 0 unspecified atom stereocenters. The lowest BCUT2D eigenvalue weighted by atomic mass is 10.2. The molecule has 11 heavy (non-hydrogen) atoms. The Bertz CT molecular complexity index is 225. The molecule has 0 aliphatic rings. The van der Waals surface area contributed by atoms with Crippen LogP contribution in [0.25, 0.3) is 0 Å². The van der Waals surface area contributed by atoms with Gasteiger partial charge in [-0.15, -0.1) is 0 Å². The Kier molecular flexibility index (Phi) is 2.41. The zero-order valence-electron chi connectivity index (χ0n) is 6.96. The molecule has 0 bridgehead atoms. The van der Waals surface area contributed by atoms with Gasteiger partial charge in [-0.05, 0) is 19.4 Å². The van der Waals surface area contributed by atoms with E-state index in [1.807, 2.05) is 13.0 Å². The van der Waals surface area contributed by atoms with Gasteiger partial charge in [-0.2, -0.15) is 0 Å². The first-order valence-corrected chi connectivity index (χ1v) is 3.82. The van der Waals surface area contributed by atoms with E-state index in [2.05, 4.69) is 16.9 Å². The van der Waals surface area contributed by atoms with Crippen molar-refractivity contribution in [3.05, 3.63) is 17.5 Å². The first-order valence-electron chi connectivity index (χ1n) is 3.82. The smallest absolute Gasteiger partial charge is 0.220 e. The fraction of sp³-hybridized carbons (Fsp3) is 0.500. The van der Waals surface area contributed by atoms with Crippen molar-refractivity contribution < 1.29 is 0 Å². The summed E-state index contributed by atoms with van der Waals surface area (Å²) in [5.41, 5.74) is 7.45. The van der Waals surface area contributed by atoms with E-state index in [4.69, 9.17) is 5.73 Å². The van der Waals surface area contributed by atoms with Crippen LogP contribution in [0.15, 0.2) is 6.07 Å². The Morgan fingerprint density at radius 3 is 2.73 bits per heavy atom. The molecule has 0 fully saturated rings. The molecule has 1 rings (SSSR count). The van der Waals surface area contributed by atoms with E-state index in [9.17, 15) is 0 Å². The molecule has 0 spiro atoms. The number of aromatic nitrogens is 2. The second-order valence-corrected chi connectivity index (χ2v) is 2.61. The second-order valence-electron chi connectivity index (χ2n) is 2.61. The number of rotatable bonds is 2. The first-order chi connectivity index (χ1) is 5.22. The summed E-state index contributed by atoms with van der Waals surface area (Å²) < 4.78 is 0.